The van der Waals surface area contributed by atoms with Crippen molar-refractivity contribution >= 4 is 23.1 Å². The lowest BCUT2D eigenvalue weighted by molar-refractivity contribution is -0.145. The number of benzene rings is 1. The summed E-state index contributed by atoms with van der Waals surface area (Å²) in [6.07, 6.45) is 11.4. The van der Waals surface area contributed by atoms with Crippen molar-refractivity contribution in [2.45, 2.75) is 96.1 Å². The van der Waals surface area contributed by atoms with Gasteiger partial charge < -0.3 is 19.3 Å². The van der Waals surface area contributed by atoms with E-state index in [1.54, 1.807) is 4.90 Å². The first-order chi connectivity index (χ1) is 17.0. The molecule has 1 aromatic carbocycles. The minimum absolute atomic E-state index is 0.181. The van der Waals surface area contributed by atoms with Gasteiger partial charge in [0.2, 0.25) is 0 Å². The average molecular weight is 482 g/mol. The van der Waals surface area contributed by atoms with Crippen LogP contribution in [0.25, 0.3) is 11.0 Å². The highest BCUT2D eigenvalue weighted by atomic mass is 16.5. The van der Waals surface area contributed by atoms with Gasteiger partial charge in [-0.3, -0.25) is 4.79 Å². The molecule has 3 aliphatic rings. The van der Waals surface area contributed by atoms with Crippen LogP contribution in [-0.2, 0) is 22.5 Å². The Labute approximate surface area is 207 Å². The Morgan fingerprint density at radius 3 is 2.60 bits per heavy atom. The van der Waals surface area contributed by atoms with Gasteiger partial charge in [-0.2, -0.15) is 0 Å². The second kappa shape index (κ2) is 10.2. The highest BCUT2D eigenvalue weighted by Crippen LogP contribution is 2.41. The largest absolute Gasteiger partial charge is 0.481 e. The third-order valence-corrected chi connectivity index (χ3v) is 8.81. The van der Waals surface area contributed by atoms with Crippen LogP contribution >= 0.6 is 0 Å². The number of hydrogen-bond donors (Lipinski definition) is 1. The van der Waals surface area contributed by atoms with Gasteiger partial charge in [0.1, 0.15) is 5.82 Å². The van der Waals surface area contributed by atoms with Crippen LogP contribution in [0.3, 0.4) is 0 Å². The van der Waals surface area contributed by atoms with Crippen molar-refractivity contribution in [3.63, 3.8) is 0 Å². The first-order valence-corrected chi connectivity index (χ1v) is 13.6. The molecule has 0 saturated heterocycles. The van der Waals surface area contributed by atoms with Gasteiger partial charge in [-0.1, -0.05) is 38.2 Å². The van der Waals surface area contributed by atoms with Crippen molar-refractivity contribution in [2.24, 2.45) is 11.8 Å². The van der Waals surface area contributed by atoms with E-state index in [1.165, 1.54) is 37.8 Å². The summed E-state index contributed by atoms with van der Waals surface area (Å²) in [6, 6.07) is 4.61. The molecule has 0 radical (unpaired) electrons. The SMILES string of the molecule is COC(=O)N1CCc2ccc3c(nc(C4CCCCC4)n3[C@H](C)C[C@@H]3CCCC[C@H]3C(=O)O)c2C1. The molecule has 7 nitrogen and oxygen atoms in total. The van der Waals surface area contributed by atoms with Gasteiger partial charge in [0.15, 0.2) is 0 Å². The van der Waals surface area contributed by atoms with Crippen LogP contribution in [0.5, 0.6) is 0 Å². The van der Waals surface area contributed by atoms with E-state index in [2.05, 4.69) is 23.6 Å². The van der Waals surface area contributed by atoms with Crippen molar-refractivity contribution in [2.75, 3.05) is 13.7 Å². The molecule has 7 heteroatoms. The van der Waals surface area contributed by atoms with Crippen LogP contribution in [-0.4, -0.2) is 45.3 Å². The Morgan fingerprint density at radius 1 is 1.11 bits per heavy atom. The van der Waals surface area contributed by atoms with Gasteiger partial charge in [-0.05, 0) is 63.0 Å². The molecule has 0 spiro atoms. The van der Waals surface area contributed by atoms with Gasteiger partial charge in [0, 0.05) is 24.1 Å². The number of ether oxygens (including phenoxy) is 1. The maximum atomic E-state index is 12.3. The second-order valence-electron chi connectivity index (χ2n) is 11.0. The van der Waals surface area contributed by atoms with Crippen molar-refractivity contribution < 1.29 is 19.4 Å². The van der Waals surface area contributed by atoms with E-state index in [0.717, 1.165) is 68.0 Å². The van der Waals surface area contributed by atoms with Gasteiger partial charge in [0.25, 0.3) is 0 Å². The lowest BCUT2D eigenvalue weighted by Crippen LogP contribution is -2.35. The molecule has 5 rings (SSSR count). The van der Waals surface area contributed by atoms with E-state index in [1.807, 2.05) is 0 Å². The van der Waals surface area contributed by atoms with Crippen LogP contribution in [0.15, 0.2) is 12.1 Å². The molecule has 1 N–H and O–H groups in total. The zero-order chi connectivity index (χ0) is 24.5. The summed E-state index contributed by atoms with van der Waals surface area (Å²) in [7, 11) is 1.44. The van der Waals surface area contributed by atoms with E-state index in [0.29, 0.717) is 19.0 Å². The highest BCUT2D eigenvalue weighted by molar-refractivity contribution is 5.82. The Kier molecular flexibility index (Phi) is 7.03. The van der Waals surface area contributed by atoms with Crippen LogP contribution in [0.1, 0.15) is 100 Å². The molecule has 190 valence electrons. The molecule has 2 aliphatic carbocycles. The molecule has 1 aliphatic heterocycles. The summed E-state index contributed by atoms with van der Waals surface area (Å²) in [5.74, 6) is 0.942. The van der Waals surface area contributed by atoms with Crippen molar-refractivity contribution in [1.82, 2.24) is 14.5 Å². The summed E-state index contributed by atoms with van der Waals surface area (Å²) < 4.78 is 7.45. The number of fused-ring (bicyclic) bond motifs is 3. The molecular weight excluding hydrogens is 442 g/mol. The Hall–Kier alpha value is -2.57. The van der Waals surface area contributed by atoms with Gasteiger partial charge >= 0.3 is 12.1 Å². The van der Waals surface area contributed by atoms with E-state index in [9.17, 15) is 14.7 Å². The number of carbonyl (C=O) groups is 2. The highest BCUT2D eigenvalue weighted by Gasteiger charge is 2.34. The van der Waals surface area contributed by atoms with Crippen LogP contribution < -0.4 is 0 Å². The van der Waals surface area contributed by atoms with Crippen molar-refractivity contribution in [3.8, 4) is 0 Å². The van der Waals surface area contributed by atoms with E-state index < -0.39 is 5.97 Å². The number of carboxylic acid groups (broad SMARTS) is 1. The average Bonchev–Trinajstić information content (AvgIpc) is 3.29. The number of hydrogen-bond acceptors (Lipinski definition) is 4. The molecule has 0 unspecified atom stereocenters. The maximum Gasteiger partial charge on any atom is 0.409 e. The van der Waals surface area contributed by atoms with Gasteiger partial charge in [-0.15, -0.1) is 0 Å². The monoisotopic (exact) mass is 481 g/mol. The molecule has 2 fully saturated rings. The number of amides is 1. The minimum atomic E-state index is -0.637. The molecule has 1 amide bonds. The topological polar surface area (TPSA) is 84.7 Å². The molecule has 3 atom stereocenters. The third-order valence-electron chi connectivity index (χ3n) is 8.81. The molecule has 0 bridgehead atoms. The van der Waals surface area contributed by atoms with E-state index in [4.69, 9.17) is 9.72 Å². The van der Waals surface area contributed by atoms with Crippen molar-refractivity contribution in [3.05, 3.63) is 29.1 Å². The molecule has 2 heterocycles. The fraction of sp³-hybridized carbons (Fsp3) is 0.679. The smallest absolute Gasteiger partial charge is 0.409 e. The number of carbonyl (C=O) groups excluding carboxylic acids is 1. The number of methoxy groups -OCH3 is 1. The summed E-state index contributed by atoms with van der Waals surface area (Å²) in [6.45, 7) is 3.44. The minimum Gasteiger partial charge on any atom is -0.481 e. The van der Waals surface area contributed by atoms with Crippen molar-refractivity contribution in [1.29, 1.82) is 0 Å². The Bertz CT molecular complexity index is 1090. The summed E-state index contributed by atoms with van der Waals surface area (Å²) in [5, 5.41) is 9.84. The molecule has 1 aromatic heterocycles. The molecular formula is C28H39N3O4. The van der Waals surface area contributed by atoms with Crippen LogP contribution in [0.4, 0.5) is 4.79 Å². The standard InChI is InChI=1S/C28H39N3O4/c1-18(16-21-10-6-7-11-22(21)27(32)33)31-24-13-12-19-14-15-30(28(34)35-2)17-23(19)25(24)29-26(31)20-8-4-3-5-9-20/h12-13,18,20-22H,3-11,14-17H2,1-2H3,(H,32,33)/t18-,21+,22-/m1/s1. The predicted molar refractivity (Wildman–Crippen MR) is 134 cm³/mol. The third kappa shape index (κ3) is 4.66. The first-order valence-electron chi connectivity index (χ1n) is 13.6. The van der Waals surface area contributed by atoms with Gasteiger partial charge in [0.05, 0.1) is 30.6 Å². The summed E-state index contributed by atoms with van der Waals surface area (Å²) in [5.41, 5.74) is 4.56. The predicted octanol–water partition coefficient (Wildman–Crippen LogP) is 6.05. The molecule has 35 heavy (non-hydrogen) atoms. The fourth-order valence-corrected chi connectivity index (χ4v) is 6.97. The normalized spacial score (nSPS) is 24.2. The molecule has 2 aromatic rings. The first kappa shape index (κ1) is 24.1. The summed E-state index contributed by atoms with van der Waals surface area (Å²) >= 11 is 0. The zero-order valence-electron chi connectivity index (χ0n) is 21.2. The van der Waals surface area contributed by atoms with E-state index in [-0.39, 0.29) is 24.0 Å². The number of rotatable bonds is 5. The number of carboxylic acids is 1. The Morgan fingerprint density at radius 2 is 1.86 bits per heavy atom. The van der Waals surface area contributed by atoms with Crippen LogP contribution in [0, 0.1) is 11.8 Å². The number of imidazole rings is 1. The lowest BCUT2D eigenvalue weighted by Gasteiger charge is -2.32. The number of nitrogens with zero attached hydrogens (tertiary/aromatic N) is 3. The Balaban J connectivity index is 1.55. The van der Waals surface area contributed by atoms with E-state index >= 15 is 0 Å². The lowest BCUT2D eigenvalue weighted by atomic mass is 9.76. The quantitative estimate of drug-likeness (QED) is 0.562. The fourth-order valence-electron chi connectivity index (χ4n) is 6.97. The van der Waals surface area contributed by atoms with Gasteiger partial charge in [-0.25, -0.2) is 9.78 Å². The second-order valence-corrected chi connectivity index (χ2v) is 11.0. The number of aliphatic carboxylic acids is 1. The summed E-state index contributed by atoms with van der Waals surface area (Å²) in [4.78, 5) is 31.3. The van der Waals surface area contributed by atoms with Crippen LogP contribution in [0.2, 0.25) is 0 Å². The zero-order valence-corrected chi connectivity index (χ0v) is 21.2. The number of aromatic nitrogens is 2. The molecule has 2 saturated carbocycles. The maximum absolute atomic E-state index is 12.3.